The number of rotatable bonds is 2. The Balaban J connectivity index is 2.85. The van der Waals surface area contributed by atoms with Crippen molar-refractivity contribution < 1.29 is 4.57 Å². The molecule has 1 rings (SSSR count). The molecule has 0 spiro atoms. The van der Waals surface area contributed by atoms with Crippen molar-refractivity contribution in [3.8, 4) is 6.07 Å². The van der Waals surface area contributed by atoms with Crippen LogP contribution in [-0.4, -0.2) is 0 Å². The summed E-state index contributed by atoms with van der Waals surface area (Å²) in [5.41, 5.74) is 0. The van der Waals surface area contributed by atoms with Gasteiger partial charge in [0, 0.05) is 18.6 Å². The lowest BCUT2D eigenvalue weighted by atomic mass is 10.2. The minimum absolute atomic E-state index is 0.0174. The predicted molar refractivity (Wildman–Crippen MR) is 41.6 cm³/mol. The van der Waals surface area contributed by atoms with Gasteiger partial charge < -0.3 is 0 Å². The molecule has 0 fully saturated rings. The number of aromatic nitrogens is 1. The van der Waals surface area contributed by atoms with Gasteiger partial charge in [0.15, 0.2) is 12.4 Å². The van der Waals surface area contributed by atoms with Crippen LogP contribution in [0.25, 0.3) is 0 Å². The highest BCUT2D eigenvalue weighted by Crippen LogP contribution is 1.97. The molecule has 2 heteroatoms. The monoisotopic (exact) mass is 147 g/mol. The smallest absolute Gasteiger partial charge is 0.191 e. The summed E-state index contributed by atoms with van der Waals surface area (Å²) in [5.74, 6) is 0. The van der Waals surface area contributed by atoms with Crippen molar-refractivity contribution in [3.63, 3.8) is 0 Å². The van der Waals surface area contributed by atoms with Crippen molar-refractivity contribution in [1.29, 1.82) is 5.26 Å². The molecule has 0 saturated carbocycles. The second-order valence-corrected chi connectivity index (χ2v) is 2.38. The Labute approximate surface area is 66.7 Å². The summed E-state index contributed by atoms with van der Waals surface area (Å²) in [7, 11) is 0. The highest BCUT2D eigenvalue weighted by molar-refractivity contribution is 4.86. The van der Waals surface area contributed by atoms with Crippen molar-refractivity contribution in [2.24, 2.45) is 0 Å². The van der Waals surface area contributed by atoms with E-state index in [2.05, 4.69) is 6.07 Å². The summed E-state index contributed by atoms with van der Waals surface area (Å²) in [5, 5.41) is 8.71. The fraction of sp³-hybridized carbons (Fsp3) is 0.333. The molecule has 0 amide bonds. The fourth-order valence-corrected chi connectivity index (χ4v) is 0.989. The van der Waals surface area contributed by atoms with Crippen molar-refractivity contribution >= 4 is 0 Å². The van der Waals surface area contributed by atoms with Gasteiger partial charge in [-0.2, -0.15) is 9.83 Å². The Hall–Kier alpha value is -1.36. The third kappa shape index (κ3) is 1.78. The van der Waals surface area contributed by atoms with Crippen LogP contribution in [0.1, 0.15) is 19.4 Å². The topological polar surface area (TPSA) is 27.7 Å². The number of nitrogens with zero attached hydrogens (tertiary/aromatic N) is 2. The predicted octanol–water partition coefficient (Wildman–Crippen LogP) is 1.45. The van der Waals surface area contributed by atoms with Crippen LogP contribution in [-0.2, 0) is 0 Å². The van der Waals surface area contributed by atoms with Crippen LogP contribution in [0.15, 0.2) is 30.6 Å². The van der Waals surface area contributed by atoms with Crippen molar-refractivity contribution in [2.45, 2.75) is 19.4 Å². The quantitative estimate of drug-likeness (QED) is 0.582. The van der Waals surface area contributed by atoms with Gasteiger partial charge in [0.25, 0.3) is 0 Å². The van der Waals surface area contributed by atoms with Gasteiger partial charge in [-0.25, -0.2) is 0 Å². The molecule has 0 saturated heterocycles. The highest BCUT2D eigenvalue weighted by atomic mass is 15.0. The van der Waals surface area contributed by atoms with E-state index in [1.807, 2.05) is 42.1 Å². The van der Waals surface area contributed by atoms with Gasteiger partial charge in [-0.3, -0.25) is 0 Å². The Morgan fingerprint density at radius 3 is 2.45 bits per heavy atom. The lowest BCUT2D eigenvalue weighted by molar-refractivity contribution is -0.710. The first-order valence-electron chi connectivity index (χ1n) is 3.74. The summed E-state index contributed by atoms with van der Waals surface area (Å²) in [6.45, 7) is 2.01. The highest BCUT2D eigenvalue weighted by Gasteiger charge is 2.12. The zero-order valence-corrected chi connectivity index (χ0v) is 6.57. The molecule has 1 heterocycles. The SMILES string of the molecule is CCC(C#N)[n+]1ccccc1. The van der Waals surface area contributed by atoms with E-state index >= 15 is 0 Å². The number of nitriles is 1. The van der Waals surface area contributed by atoms with Gasteiger partial charge in [-0.15, -0.1) is 0 Å². The van der Waals surface area contributed by atoms with Gasteiger partial charge in [0.1, 0.15) is 6.07 Å². The van der Waals surface area contributed by atoms with Crippen LogP contribution >= 0.6 is 0 Å². The van der Waals surface area contributed by atoms with Crippen LogP contribution in [0.5, 0.6) is 0 Å². The number of pyridine rings is 1. The van der Waals surface area contributed by atoms with E-state index in [0.29, 0.717) is 0 Å². The molecule has 0 aliphatic heterocycles. The average molecular weight is 147 g/mol. The molecule has 1 atom stereocenters. The molecular weight excluding hydrogens is 136 g/mol. The van der Waals surface area contributed by atoms with E-state index in [9.17, 15) is 0 Å². The standard InChI is InChI=1S/C9H11N2/c1-2-9(8-10)11-6-4-3-5-7-11/h3-7,9H,2H2,1H3/q+1. The Bertz CT molecular complexity index is 248. The Morgan fingerprint density at radius 2 is 2.00 bits per heavy atom. The first-order valence-corrected chi connectivity index (χ1v) is 3.74. The summed E-state index contributed by atoms with van der Waals surface area (Å²) >= 11 is 0. The zero-order chi connectivity index (χ0) is 8.10. The maximum absolute atomic E-state index is 8.71. The van der Waals surface area contributed by atoms with Crippen molar-refractivity contribution in [3.05, 3.63) is 30.6 Å². The molecule has 0 aliphatic rings. The van der Waals surface area contributed by atoms with Gasteiger partial charge in [0.05, 0.1) is 0 Å². The minimum Gasteiger partial charge on any atom is -0.191 e. The summed E-state index contributed by atoms with van der Waals surface area (Å²) in [6.07, 6.45) is 4.68. The molecule has 1 unspecified atom stereocenters. The largest absolute Gasteiger partial charge is 0.243 e. The Kier molecular flexibility index (Phi) is 2.62. The maximum atomic E-state index is 8.71. The third-order valence-corrected chi connectivity index (χ3v) is 1.63. The van der Waals surface area contributed by atoms with E-state index in [-0.39, 0.29) is 6.04 Å². The zero-order valence-electron chi connectivity index (χ0n) is 6.57. The normalized spacial score (nSPS) is 12.0. The molecular formula is C9H11N2+. The van der Waals surface area contributed by atoms with Crippen LogP contribution in [0, 0.1) is 11.3 Å². The molecule has 1 aromatic heterocycles. The van der Waals surface area contributed by atoms with Crippen molar-refractivity contribution in [2.75, 3.05) is 0 Å². The van der Waals surface area contributed by atoms with Gasteiger partial charge in [-0.05, 0) is 0 Å². The molecule has 11 heavy (non-hydrogen) atoms. The molecule has 0 aromatic carbocycles. The molecule has 0 bridgehead atoms. The Morgan fingerprint density at radius 1 is 1.36 bits per heavy atom. The lowest BCUT2D eigenvalue weighted by Gasteiger charge is -1.98. The average Bonchev–Trinajstić information content (AvgIpc) is 2.09. The van der Waals surface area contributed by atoms with Gasteiger partial charge in [0.2, 0.25) is 6.04 Å². The number of hydrogen-bond acceptors (Lipinski definition) is 1. The second kappa shape index (κ2) is 3.72. The number of hydrogen-bond donors (Lipinski definition) is 0. The molecule has 56 valence electrons. The van der Waals surface area contributed by atoms with Crippen LogP contribution in [0.4, 0.5) is 0 Å². The third-order valence-electron chi connectivity index (χ3n) is 1.63. The molecule has 0 N–H and O–H groups in total. The van der Waals surface area contributed by atoms with E-state index in [1.165, 1.54) is 0 Å². The second-order valence-electron chi connectivity index (χ2n) is 2.38. The lowest BCUT2D eigenvalue weighted by Crippen LogP contribution is -2.37. The molecule has 0 aliphatic carbocycles. The van der Waals surface area contributed by atoms with Crippen LogP contribution in [0.3, 0.4) is 0 Å². The molecule has 0 radical (unpaired) electrons. The van der Waals surface area contributed by atoms with Crippen LogP contribution in [0.2, 0.25) is 0 Å². The maximum Gasteiger partial charge on any atom is 0.243 e. The minimum atomic E-state index is -0.0174. The summed E-state index contributed by atoms with van der Waals surface area (Å²) < 4.78 is 1.92. The molecule has 1 aromatic rings. The summed E-state index contributed by atoms with van der Waals surface area (Å²) in [4.78, 5) is 0. The van der Waals surface area contributed by atoms with E-state index in [4.69, 9.17) is 5.26 Å². The van der Waals surface area contributed by atoms with E-state index in [0.717, 1.165) is 6.42 Å². The first kappa shape index (κ1) is 7.74. The van der Waals surface area contributed by atoms with E-state index in [1.54, 1.807) is 0 Å². The fourth-order valence-electron chi connectivity index (χ4n) is 0.989. The summed E-state index contributed by atoms with van der Waals surface area (Å²) in [6, 6.07) is 8.02. The molecule has 2 nitrogen and oxygen atoms in total. The van der Waals surface area contributed by atoms with Gasteiger partial charge >= 0.3 is 0 Å². The van der Waals surface area contributed by atoms with Crippen LogP contribution < -0.4 is 4.57 Å². The van der Waals surface area contributed by atoms with E-state index < -0.39 is 0 Å². The van der Waals surface area contributed by atoms with Crippen molar-refractivity contribution in [1.82, 2.24) is 0 Å². The van der Waals surface area contributed by atoms with Gasteiger partial charge in [-0.1, -0.05) is 13.0 Å². The first-order chi connectivity index (χ1) is 5.38.